The average Bonchev–Trinajstić information content (AvgIpc) is 2.31. The summed E-state index contributed by atoms with van der Waals surface area (Å²) in [5.41, 5.74) is 0.699. The van der Waals surface area contributed by atoms with Crippen molar-refractivity contribution in [2.24, 2.45) is 0 Å². The van der Waals surface area contributed by atoms with E-state index in [9.17, 15) is 8.42 Å². The first-order valence-corrected chi connectivity index (χ1v) is 8.07. The Balaban J connectivity index is 3.02. The summed E-state index contributed by atoms with van der Waals surface area (Å²) in [5, 5.41) is 8.89. The zero-order valence-electron chi connectivity index (χ0n) is 10.5. The lowest BCUT2D eigenvalue weighted by Crippen LogP contribution is -2.35. The summed E-state index contributed by atoms with van der Waals surface area (Å²) in [5.74, 6) is 0. The van der Waals surface area contributed by atoms with E-state index >= 15 is 0 Å². The van der Waals surface area contributed by atoms with E-state index in [2.05, 4.69) is 20.7 Å². The Kier molecular flexibility index (Phi) is 5.78. The smallest absolute Gasteiger partial charge is 0.241 e. The lowest BCUT2D eigenvalue weighted by atomic mass is 10.2. The van der Waals surface area contributed by atoms with Gasteiger partial charge in [0.05, 0.1) is 4.90 Å². The van der Waals surface area contributed by atoms with Gasteiger partial charge in [0.25, 0.3) is 0 Å². The van der Waals surface area contributed by atoms with Crippen molar-refractivity contribution >= 4 is 26.0 Å². The fourth-order valence-electron chi connectivity index (χ4n) is 1.65. The second kappa shape index (κ2) is 6.65. The summed E-state index contributed by atoms with van der Waals surface area (Å²) in [7, 11) is -3.54. The summed E-state index contributed by atoms with van der Waals surface area (Å²) in [6.07, 6.45) is 1.07. The van der Waals surface area contributed by atoms with Crippen LogP contribution in [0.3, 0.4) is 0 Å². The Labute approximate surface area is 117 Å². The Hall–Kier alpha value is -0.430. The number of aliphatic hydroxyl groups is 1. The summed E-state index contributed by atoms with van der Waals surface area (Å²) in [6.45, 7) is 3.61. The fraction of sp³-hybridized carbons (Fsp3) is 0.500. The van der Waals surface area contributed by atoms with Crippen molar-refractivity contribution in [2.45, 2.75) is 37.6 Å². The molecule has 0 aliphatic rings. The molecule has 0 amide bonds. The van der Waals surface area contributed by atoms with Crippen molar-refractivity contribution in [3.8, 4) is 0 Å². The van der Waals surface area contributed by atoms with Gasteiger partial charge in [-0.05, 0) is 37.5 Å². The lowest BCUT2D eigenvalue weighted by molar-refractivity contribution is 0.270. The molecule has 6 heteroatoms. The molecule has 1 rings (SSSR count). The minimum atomic E-state index is -3.54. The Bertz CT molecular complexity index is 502. The number of hydrogen-bond donors (Lipinski definition) is 2. The van der Waals surface area contributed by atoms with Crippen LogP contribution in [0, 0.1) is 6.92 Å². The van der Waals surface area contributed by atoms with Gasteiger partial charge in [-0.25, -0.2) is 13.1 Å². The molecule has 2 N–H and O–H groups in total. The van der Waals surface area contributed by atoms with E-state index in [-0.39, 0.29) is 17.5 Å². The fourth-order valence-corrected chi connectivity index (χ4v) is 3.79. The SMILES string of the molecule is CCC(CCO)NS(=O)(=O)c1cc(Br)ccc1C. The molecule has 1 aromatic carbocycles. The zero-order valence-corrected chi connectivity index (χ0v) is 12.9. The highest BCUT2D eigenvalue weighted by molar-refractivity contribution is 9.10. The van der Waals surface area contributed by atoms with Crippen molar-refractivity contribution in [3.05, 3.63) is 28.2 Å². The van der Waals surface area contributed by atoms with Crippen LogP contribution >= 0.6 is 15.9 Å². The Morgan fingerprint density at radius 3 is 2.67 bits per heavy atom. The highest BCUT2D eigenvalue weighted by Gasteiger charge is 2.20. The van der Waals surface area contributed by atoms with E-state index in [1.807, 2.05) is 6.92 Å². The number of benzene rings is 1. The molecule has 0 bridgehead atoms. The third kappa shape index (κ3) is 4.05. The number of nitrogens with one attached hydrogen (secondary N) is 1. The molecule has 18 heavy (non-hydrogen) atoms. The molecule has 0 saturated carbocycles. The van der Waals surface area contributed by atoms with Crippen molar-refractivity contribution < 1.29 is 13.5 Å². The van der Waals surface area contributed by atoms with Gasteiger partial charge in [0.2, 0.25) is 10.0 Å². The lowest BCUT2D eigenvalue weighted by Gasteiger charge is -2.17. The van der Waals surface area contributed by atoms with Crippen LogP contribution in [-0.4, -0.2) is 26.2 Å². The summed E-state index contributed by atoms with van der Waals surface area (Å²) < 4.78 is 27.8. The first kappa shape index (κ1) is 15.6. The first-order chi connectivity index (χ1) is 8.40. The molecule has 1 aromatic rings. The third-order valence-electron chi connectivity index (χ3n) is 2.73. The zero-order chi connectivity index (χ0) is 13.8. The quantitative estimate of drug-likeness (QED) is 0.837. The molecule has 0 heterocycles. The van der Waals surface area contributed by atoms with Crippen LogP contribution in [0.1, 0.15) is 25.3 Å². The van der Waals surface area contributed by atoms with Gasteiger partial charge >= 0.3 is 0 Å². The van der Waals surface area contributed by atoms with Gasteiger partial charge in [-0.1, -0.05) is 28.9 Å². The topological polar surface area (TPSA) is 66.4 Å². The molecule has 0 aliphatic carbocycles. The van der Waals surface area contributed by atoms with E-state index in [1.54, 1.807) is 25.1 Å². The molecule has 0 radical (unpaired) electrons. The standard InChI is InChI=1S/C12H18BrNO3S/c1-3-11(6-7-15)14-18(16,17)12-8-10(13)5-4-9(12)2/h4-5,8,11,14-15H,3,6-7H2,1-2H3. The summed E-state index contributed by atoms with van der Waals surface area (Å²) in [6, 6.07) is 4.91. The molecule has 0 aromatic heterocycles. The second-order valence-corrected chi connectivity index (χ2v) is 6.75. The molecule has 1 unspecified atom stereocenters. The van der Waals surface area contributed by atoms with Gasteiger partial charge in [0, 0.05) is 17.1 Å². The normalized spacial score (nSPS) is 13.6. The number of aliphatic hydroxyl groups excluding tert-OH is 1. The van der Waals surface area contributed by atoms with Crippen LogP contribution in [0.4, 0.5) is 0 Å². The van der Waals surface area contributed by atoms with Gasteiger partial charge < -0.3 is 5.11 Å². The number of halogens is 1. The molecular formula is C12H18BrNO3S. The minimum Gasteiger partial charge on any atom is -0.396 e. The van der Waals surface area contributed by atoms with Crippen molar-refractivity contribution in [1.29, 1.82) is 0 Å². The van der Waals surface area contributed by atoms with Gasteiger partial charge in [0.15, 0.2) is 0 Å². The number of sulfonamides is 1. The highest BCUT2D eigenvalue weighted by atomic mass is 79.9. The summed E-state index contributed by atoms with van der Waals surface area (Å²) in [4.78, 5) is 0.272. The Morgan fingerprint density at radius 1 is 1.44 bits per heavy atom. The van der Waals surface area contributed by atoms with E-state index in [4.69, 9.17) is 5.11 Å². The predicted octanol–water partition coefficient (Wildman–Crippen LogP) is 2.20. The monoisotopic (exact) mass is 335 g/mol. The molecular weight excluding hydrogens is 318 g/mol. The molecule has 0 aliphatic heterocycles. The van der Waals surface area contributed by atoms with Crippen LogP contribution in [-0.2, 0) is 10.0 Å². The molecule has 0 fully saturated rings. The van der Waals surface area contributed by atoms with E-state index in [1.165, 1.54) is 0 Å². The highest BCUT2D eigenvalue weighted by Crippen LogP contribution is 2.21. The molecule has 4 nitrogen and oxygen atoms in total. The van der Waals surface area contributed by atoms with Crippen LogP contribution in [0.25, 0.3) is 0 Å². The van der Waals surface area contributed by atoms with Gasteiger partial charge in [-0.3, -0.25) is 0 Å². The van der Waals surface area contributed by atoms with Crippen LogP contribution < -0.4 is 4.72 Å². The largest absolute Gasteiger partial charge is 0.396 e. The summed E-state index contributed by atoms with van der Waals surface area (Å²) >= 11 is 3.27. The number of hydrogen-bond acceptors (Lipinski definition) is 3. The van der Waals surface area contributed by atoms with E-state index < -0.39 is 10.0 Å². The number of rotatable bonds is 6. The number of aryl methyl sites for hydroxylation is 1. The molecule has 102 valence electrons. The molecule has 1 atom stereocenters. The second-order valence-electron chi connectivity index (χ2n) is 4.15. The molecule has 0 saturated heterocycles. The van der Waals surface area contributed by atoms with Crippen LogP contribution in [0.5, 0.6) is 0 Å². The van der Waals surface area contributed by atoms with Crippen LogP contribution in [0.2, 0.25) is 0 Å². The Morgan fingerprint density at radius 2 is 2.11 bits per heavy atom. The van der Waals surface area contributed by atoms with Crippen molar-refractivity contribution in [2.75, 3.05) is 6.61 Å². The van der Waals surface area contributed by atoms with Gasteiger partial charge in [-0.2, -0.15) is 0 Å². The van der Waals surface area contributed by atoms with E-state index in [0.717, 1.165) is 4.47 Å². The van der Waals surface area contributed by atoms with Crippen LogP contribution in [0.15, 0.2) is 27.6 Å². The van der Waals surface area contributed by atoms with Crippen molar-refractivity contribution in [1.82, 2.24) is 4.72 Å². The maximum Gasteiger partial charge on any atom is 0.241 e. The average molecular weight is 336 g/mol. The van der Waals surface area contributed by atoms with Gasteiger partial charge in [0.1, 0.15) is 0 Å². The predicted molar refractivity (Wildman–Crippen MR) is 75.0 cm³/mol. The third-order valence-corrected chi connectivity index (χ3v) is 4.89. The maximum absolute atomic E-state index is 12.2. The minimum absolute atomic E-state index is 0.0293. The van der Waals surface area contributed by atoms with E-state index in [0.29, 0.717) is 18.4 Å². The van der Waals surface area contributed by atoms with Crippen molar-refractivity contribution in [3.63, 3.8) is 0 Å². The molecule has 0 spiro atoms. The first-order valence-electron chi connectivity index (χ1n) is 5.80. The maximum atomic E-state index is 12.2. The van der Waals surface area contributed by atoms with Gasteiger partial charge in [-0.15, -0.1) is 0 Å².